The standard InChI is InChI=1S/C28H28ClFN2O6/c1-15-24(31-26(35)37-16(2)19-6-4-5-7-21(19)29)25(38-32-15)20-9-8-17(10-22(20)30)27(3)11-18-12-28(18,36-14-27)13-23(33)34/h4-10,16,18H,11-14H2,1-3H3,(H,31,35)(H,33,34)/t16-,18?,27?,28?/m1/s1. The number of carboxylic acid groups (broad SMARTS) is 1. The zero-order valence-corrected chi connectivity index (χ0v) is 22.0. The molecule has 200 valence electrons. The first-order valence-electron chi connectivity index (χ1n) is 12.4. The van der Waals surface area contributed by atoms with Gasteiger partial charge >= 0.3 is 12.1 Å². The fraction of sp³-hybridized carbons (Fsp3) is 0.393. The van der Waals surface area contributed by atoms with E-state index in [1.807, 2.05) is 6.92 Å². The topological polar surface area (TPSA) is 111 Å². The van der Waals surface area contributed by atoms with E-state index < -0.39 is 35.0 Å². The van der Waals surface area contributed by atoms with Gasteiger partial charge in [-0.05, 0) is 56.4 Å². The maximum absolute atomic E-state index is 15.5. The molecule has 4 atom stereocenters. The Balaban J connectivity index is 1.32. The number of halogens is 2. The number of hydrogen-bond donors (Lipinski definition) is 2. The molecule has 0 spiro atoms. The summed E-state index contributed by atoms with van der Waals surface area (Å²) in [6.07, 6.45) is 0.0162. The van der Waals surface area contributed by atoms with E-state index in [9.17, 15) is 14.7 Å². The molecule has 1 aliphatic carbocycles. The van der Waals surface area contributed by atoms with E-state index in [4.69, 9.17) is 25.6 Å². The summed E-state index contributed by atoms with van der Waals surface area (Å²) in [7, 11) is 0. The highest BCUT2D eigenvalue weighted by Crippen LogP contribution is 2.59. The van der Waals surface area contributed by atoms with E-state index in [0.29, 0.717) is 35.7 Å². The number of aromatic nitrogens is 1. The maximum Gasteiger partial charge on any atom is 0.412 e. The SMILES string of the molecule is Cc1noc(-c2ccc(C3(C)COC4(CC(=O)O)CC4C3)cc2F)c1NC(=O)O[C@H](C)c1ccccc1Cl. The van der Waals surface area contributed by atoms with Crippen LogP contribution in [0.2, 0.25) is 5.02 Å². The van der Waals surface area contributed by atoms with E-state index >= 15 is 4.39 Å². The molecule has 2 N–H and O–H groups in total. The largest absolute Gasteiger partial charge is 0.481 e. The number of aryl methyl sites for hydroxylation is 1. The van der Waals surface area contributed by atoms with Crippen LogP contribution in [0.4, 0.5) is 14.9 Å². The first-order chi connectivity index (χ1) is 18.0. The zero-order chi connectivity index (χ0) is 27.2. The second-order valence-electron chi connectivity index (χ2n) is 10.5. The summed E-state index contributed by atoms with van der Waals surface area (Å²) >= 11 is 6.20. The third-order valence-electron chi connectivity index (χ3n) is 7.63. The van der Waals surface area contributed by atoms with Crippen molar-refractivity contribution >= 4 is 29.4 Å². The van der Waals surface area contributed by atoms with Crippen LogP contribution in [-0.2, 0) is 19.7 Å². The molecule has 10 heteroatoms. The predicted octanol–water partition coefficient (Wildman–Crippen LogP) is 6.66. The number of aliphatic carboxylic acids is 1. The minimum absolute atomic E-state index is 0.0126. The van der Waals surface area contributed by atoms with E-state index in [1.54, 1.807) is 50.2 Å². The van der Waals surface area contributed by atoms with Gasteiger partial charge in [0.05, 0.1) is 24.2 Å². The fourth-order valence-corrected chi connectivity index (χ4v) is 5.65. The van der Waals surface area contributed by atoms with Crippen LogP contribution in [0.3, 0.4) is 0 Å². The predicted molar refractivity (Wildman–Crippen MR) is 138 cm³/mol. The highest BCUT2D eigenvalue weighted by molar-refractivity contribution is 6.31. The molecule has 0 radical (unpaired) electrons. The highest BCUT2D eigenvalue weighted by Gasteiger charge is 2.62. The van der Waals surface area contributed by atoms with Crippen molar-refractivity contribution in [3.05, 3.63) is 70.1 Å². The molecule has 2 aromatic carbocycles. The molecule has 1 aliphatic heterocycles. The van der Waals surface area contributed by atoms with E-state index in [-0.39, 0.29) is 29.3 Å². The summed E-state index contributed by atoms with van der Waals surface area (Å²) in [6.45, 7) is 5.63. The molecular weight excluding hydrogens is 515 g/mol. The van der Waals surface area contributed by atoms with Crippen LogP contribution < -0.4 is 5.32 Å². The molecule has 5 rings (SSSR count). The monoisotopic (exact) mass is 542 g/mol. The number of anilines is 1. The molecule has 3 aromatic rings. The van der Waals surface area contributed by atoms with Crippen molar-refractivity contribution in [1.82, 2.24) is 5.16 Å². The van der Waals surface area contributed by atoms with Crippen molar-refractivity contribution in [2.24, 2.45) is 5.92 Å². The lowest BCUT2D eigenvalue weighted by molar-refractivity contribution is -0.143. The first-order valence-corrected chi connectivity index (χ1v) is 12.7. The Labute approximate surface area is 224 Å². The average molecular weight is 543 g/mol. The number of amides is 1. The van der Waals surface area contributed by atoms with Crippen molar-refractivity contribution in [3.63, 3.8) is 0 Å². The average Bonchev–Trinajstić information content (AvgIpc) is 3.43. The zero-order valence-electron chi connectivity index (χ0n) is 21.2. The smallest absolute Gasteiger partial charge is 0.412 e. The molecular formula is C28H28ClFN2O6. The molecule has 1 amide bonds. The molecule has 2 aliphatic rings. The number of nitrogens with zero attached hydrogens (tertiary/aromatic N) is 1. The molecule has 3 unspecified atom stereocenters. The third kappa shape index (κ3) is 4.88. The van der Waals surface area contributed by atoms with Gasteiger partial charge in [0.15, 0.2) is 5.76 Å². The number of benzene rings is 2. The number of carbonyl (C=O) groups is 2. The van der Waals surface area contributed by atoms with Gasteiger partial charge < -0.3 is 19.1 Å². The minimum atomic E-state index is -0.875. The second-order valence-corrected chi connectivity index (χ2v) is 10.9. The quantitative estimate of drug-likeness (QED) is 0.343. The van der Waals surface area contributed by atoms with Gasteiger partial charge in [0.25, 0.3) is 0 Å². The molecule has 38 heavy (non-hydrogen) atoms. The van der Waals surface area contributed by atoms with Gasteiger partial charge in [-0.3, -0.25) is 10.1 Å². The van der Waals surface area contributed by atoms with Gasteiger partial charge in [0.2, 0.25) is 0 Å². The number of ether oxygens (including phenoxy) is 2. The lowest BCUT2D eigenvalue weighted by atomic mass is 9.76. The number of carboxylic acids is 1. The number of hydrogen-bond acceptors (Lipinski definition) is 6. The number of nitrogens with one attached hydrogen (secondary N) is 1. The lowest BCUT2D eigenvalue weighted by Gasteiger charge is -2.37. The Kier molecular flexibility index (Phi) is 6.69. The summed E-state index contributed by atoms with van der Waals surface area (Å²) < 4.78 is 32.3. The van der Waals surface area contributed by atoms with Crippen LogP contribution >= 0.6 is 11.6 Å². The van der Waals surface area contributed by atoms with E-state index in [2.05, 4.69) is 10.5 Å². The van der Waals surface area contributed by atoms with Crippen molar-refractivity contribution in [1.29, 1.82) is 0 Å². The third-order valence-corrected chi connectivity index (χ3v) is 7.97. The van der Waals surface area contributed by atoms with Gasteiger partial charge in [-0.15, -0.1) is 0 Å². The molecule has 1 aromatic heterocycles. The normalized spacial score (nSPS) is 24.8. The Hall–Kier alpha value is -3.43. The Bertz CT molecular complexity index is 1410. The lowest BCUT2D eigenvalue weighted by Crippen LogP contribution is -2.39. The molecule has 2 fully saturated rings. The van der Waals surface area contributed by atoms with Crippen LogP contribution in [-0.4, -0.2) is 34.5 Å². The fourth-order valence-electron chi connectivity index (χ4n) is 5.36. The molecule has 0 bridgehead atoms. The van der Waals surface area contributed by atoms with Gasteiger partial charge in [0, 0.05) is 16.0 Å². The Morgan fingerprint density at radius 2 is 2.05 bits per heavy atom. The Morgan fingerprint density at radius 1 is 1.29 bits per heavy atom. The van der Waals surface area contributed by atoms with Crippen LogP contribution in [0.25, 0.3) is 11.3 Å². The van der Waals surface area contributed by atoms with Crippen molar-refractivity contribution in [2.45, 2.75) is 57.2 Å². The number of carbonyl (C=O) groups excluding carboxylic acids is 1. The molecule has 1 saturated carbocycles. The van der Waals surface area contributed by atoms with Crippen LogP contribution in [0.15, 0.2) is 47.0 Å². The summed E-state index contributed by atoms with van der Waals surface area (Å²) in [5.74, 6) is -1.21. The van der Waals surface area contributed by atoms with Crippen LogP contribution in [0.5, 0.6) is 0 Å². The summed E-state index contributed by atoms with van der Waals surface area (Å²) in [5, 5.41) is 16.2. The summed E-state index contributed by atoms with van der Waals surface area (Å²) in [4.78, 5) is 23.9. The highest BCUT2D eigenvalue weighted by atomic mass is 35.5. The molecule has 2 heterocycles. The summed E-state index contributed by atoms with van der Waals surface area (Å²) in [6, 6.07) is 11.9. The van der Waals surface area contributed by atoms with Gasteiger partial charge in [-0.1, -0.05) is 47.9 Å². The van der Waals surface area contributed by atoms with Gasteiger partial charge in [-0.2, -0.15) is 0 Å². The molecule has 1 saturated heterocycles. The minimum Gasteiger partial charge on any atom is -0.481 e. The van der Waals surface area contributed by atoms with Crippen molar-refractivity contribution in [2.75, 3.05) is 11.9 Å². The van der Waals surface area contributed by atoms with Gasteiger partial charge in [-0.25, -0.2) is 9.18 Å². The number of fused-ring (bicyclic) bond motifs is 1. The second kappa shape index (κ2) is 9.71. The Morgan fingerprint density at radius 3 is 2.74 bits per heavy atom. The maximum atomic E-state index is 15.5. The number of rotatable bonds is 7. The van der Waals surface area contributed by atoms with E-state index in [1.165, 1.54) is 6.07 Å². The van der Waals surface area contributed by atoms with Crippen molar-refractivity contribution in [3.8, 4) is 11.3 Å². The van der Waals surface area contributed by atoms with Crippen LogP contribution in [0, 0.1) is 18.7 Å². The van der Waals surface area contributed by atoms with Crippen LogP contribution in [0.1, 0.15) is 56.0 Å². The first kappa shape index (κ1) is 26.2. The summed E-state index contributed by atoms with van der Waals surface area (Å²) in [5.41, 5.74) is 1.06. The molecule has 8 nitrogen and oxygen atoms in total. The van der Waals surface area contributed by atoms with Crippen molar-refractivity contribution < 1.29 is 33.1 Å². The van der Waals surface area contributed by atoms with Gasteiger partial charge in [0.1, 0.15) is 23.3 Å². The van der Waals surface area contributed by atoms with E-state index in [0.717, 1.165) is 5.56 Å².